The second kappa shape index (κ2) is 5.14. The summed E-state index contributed by atoms with van der Waals surface area (Å²) < 4.78 is 0. The number of amides is 1. The first-order chi connectivity index (χ1) is 8.08. The third-order valence-corrected chi connectivity index (χ3v) is 3.93. The first-order valence-electron chi connectivity index (χ1n) is 5.94. The van der Waals surface area contributed by atoms with E-state index >= 15 is 0 Å². The molecule has 1 unspecified atom stereocenters. The highest BCUT2D eigenvalue weighted by Gasteiger charge is 2.32. The Morgan fingerprint density at radius 3 is 2.82 bits per heavy atom. The fraction of sp³-hybridized carbons (Fsp3) is 0.667. The summed E-state index contributed by atoms with van der Waals surface area (Å²) in [4.78, 5) is 18.2. The first kappa shape index (κ1) is 12.5. The molecule has 17 heavy (non-hydrogen) atoms. The third-order valence-electron chi connectivity index (χ3n) is 3.15. The van der Waals surface area contributed by atoms with Gasteiger partial charge in [0.05, 0.1) is 5.01 Å². The van der Waals surface area contributed by atoms with Gasteiger partial charge in [0.2, 0.25) is 0 Å². The highest BCUT2D eigenvalue weighted by molar-refractivity contribution is 7.09. The molecule has 0 saturated heterocycles. The molecule has 1 aromatic rings. The van der Waals surface area contributed by atoms with Crippen LogP contribution in [0.4, 0.5) is 0 Å². The lowest BCUT2D eigenvalue weighted by molar-refractivity contribution is 0.0934. The average Bonchev–Trinajstić information content (AvgIpc) is 3.00. The van der Waals surface area contributed by atoms with E-state index < -0.39 is 0 Å². The van der Waals surface area contributed by atoms with Crippen molar-refractivity contribution in [3.05, 3.63) is 16.1 Å². The van der Waals surface area contributed by atoms with E-state index in [-0.39, 0.29) is 5.91 Å². The van der Waals surface area contributed by atoms with Crippen molar-refractivity contribution in [1.29, 1.82) is 0 Å². The SMILES string of the molecule is Cc1nc(C(=O)NCC(C2CC2)N(C)C)cs1. The Hall–Kier alpha value is -0.940. The normalized spacial score (nSPS) is 17.2. The van der Waals surface area contributed by atoms with Crippen molar-refractivity contribution < 1.29 is 4.79 Å². The Morgan fingerprint density at radius 1 is 1.65 bits per heavy atom. The number of aromatic nitrogens is 1. The van der Waals surface area contributed by atoms with Crippen molar-refractivity contribution in [3.8, 4) is 0 Å². The molecule has 1 aromatic heterocycles. The zero-order valence-corrected chi connectivity index (χ0v) is 11.4. The third kappa shape index (κ3) is 3.26. The molecule has 1 fully saturated rings. The van der Waals surface area contributed by atoms with Crippen molar-refractivity contribution in [3.63, 3.8) is 0 Å². The molecule has 1 saturated carbocycles. The van der Waals surface area contributed by atoms with Crippen LogP contribution in [0.1, 0.15) is 28.3 Å². The molecule has 0 bridgehead atoms. The molecular weight excluding hydrogens is 234 g/mol. The van der Waals surface area contributed by atoms with Gasteiger partial charge in [0.15, 0.2) is 0 Å². The molecule has 1 amide bonds. The topological polar surface area (TPSA) is 45.2 Å². The van der Waals surface area contributed by atoms with Gasteiger partial charge in [-0.2, -0.15) is 0 Å². The van der Waals surface area contributed by atoms with Gasteiger partial charge in [-0.1, -0.05) is 0 Å². The zero-order valence-electron chi connectivity index (χ0n) is 10.6. The Balaban J connectivity index is 1.86. The molecule has 0 radical (unpaired) electrons. The first-order valence-corrected chi connectivity index (χ1v) is 6.82. The van der Waals surface area contributed by atoms with E-state index in [2.05, 4.69) is 29.3 Å². The van der Waals surface area contributed by atoms with E-state index in [4.69, 9.17) is 0 Å². The standard InChI is InChI=1S/C12H19N3OS/c1-8-14-10(7-17-8)12(16)13-6-11(15(2)3)9-4-5-9/h7,9,11H,4-6H2,1-3H3,(H,13,16). The van der Waals surface area contributed by atoms with Crippen molar-refractivity contribution >= 4 is 17.2 Å². The minimum Gasteiger partial charge on any atom is -0.349 e. The zero-order chi connectivity index (χ0) is 12.4. The molecule has 94 valence electrons. The summed E-state index contributed by atoms with van der Waals surface area (Å²) in [5.74, 6) is 0.698. The summed E-state index contributed by atoms with van der Waals surface area (Å²) in [6.45, 7) is 2.63. The predicted molar refractivity (Wildman–Crippen MR) is 69.4 cm³/mol. The maximum absolute atomic E-state index is 11.8. The Bertz CT molecular complexity index is 396. The number of rotatable bonds is 5. The van der Waals surface area contributed by atoms with Crippen LogP contribution in [0.3, 0.4) is 0 Å². The van der Waals surface area contributed by atoms with Gasteiger partial charge in [-0.05, 0) is 39.8 Å². The van der Waals surface area contributed by atoms with Crippen LogP contribution in [-0.2, 0) is 0 Å². The molecule has 0 spiro atoms. The van der Waals surface area contributed by atoms with E-state index in [0.717, 1.165) is 10.9 Å². The maximum atomic E-state index is 11.8. The van der Waals surface area contributed by atoms with Crippen molar-refractivity contribution in [2.45, 2.75) is 25.8 Å². The molecule has 4 nitrogen and oxygen atoms in total. The number of likely N-dealkylation sites (N-methyl/N-ethyl adjacent to an activating group) is 1. The van der Waals surface area contributed by atoms with Gasteiger partial charge >= 0.3 is 0 Å². The number of thiazole rings is 1. The van der Waals surface area contributed by atoms with E-state index in [1.807, 2.05) is 12.3 Å². The van der Waals surface area contributed by atoms with Crippen LogP contribution in [0.25, 0.3) is 0 Å². The number of carbonyl (C=O) groups is 1. The molecule has 1 atom stereocenters. The van der Waals surface area contributed by atoms with Crippen LogP contribution in [0.15, 0.2) is 5.38 Å². The van der Waals surface area contributed by atoms with E-state index in [0.29, 0.717) is 18.3 Å². The summed E-state index contributed by atoms with van der Waals surface area (Å²) in [5, 5.41) is 5.72. The van der Waals surface area contributed by atoms with E-state index in [9.17, 15) is 4.79 Å². The maximum Gasteiger partial charge on any atom is 0.270 e. The number of nitrogens with zero attached hydrogens (tertiary/aromatic N) is 2. The lowest BCUT2D eigenvalue weighted by atomic mass is 10.1. The molecule has 2 rings (SSSR count). The van der Waals surface area contributed by atoms with Gasteiger partial charge in [0.1, 0.15) is 5.69 Å². The molecule has 1 heterocycles. The Kier molecular flexibility index (Phi) is 3.79. The van der Waals surface area contributed by atoms with Gasteiger partial charge in [0.25, 0.3) is 5.91 Å². The fourth-order valence-electron chi connectivity index (χ4n) is 2.01. The van der Waals surface area contributed by atoms with Crippen LogP contribution in [0, 0.1) is 12.8 Å². The van der Waals surface area contributed by atoms with Crippen molar-refractivity contribution in [2.24, 2.45) is 5.92 Å². The fourth-order valence-corrected chi connectivity index (χ4v) is 2.60. The van der Waals surface area contributed by atoms with Gasteiger partial charge in [-0.3, -0.25) is 4.79 Å². The quantitative estimate of drug-likeness (QED) is 0.865. The number of carbonyl (C=O) groups excluding carboxylic acids is 1. The van der Waals surface area contributed by atoms with Gasteiger partial charge in [0, 0.05) is 18.0 Å². The van der Waals surface area contributed by atoms with Crippen molar-refractivity contribution in [2.75, 3.05) is 20.6 Å². The Labute approximate surface area is 106 Å². The lowest BCUT2D eigenvalue weighted by Gasteiger charge is -2.24. The molecule has 1 aliphatic carbocycles. The molecule has 1 N–H and O–H groups in total. The summed E-state index contributed by atoms with van der Waals surface area (Å²) >= 11 is 1.51. The minimum absolute atomic E-state index is 0.0538. The molecule has 0 aliphatic heterocycles. The van der Waals surface area contributed by atoms with Crippen LogP contribution < -0.4 is 5.32 Å². The van der Waals surface area contributed by atoms with E-state index in [1.54, 1.807) is 0 Å². The van der Waals surface area contributed by atoms with Gasteiger partial charge in [-0.25, -0.2) is 4.98 Å². The average molecular weight is 253 g/mol. The molecule has 1 aliphatic rings. The summed E-state index contributed by atoms with van der Waals surface area (Å²) in [5.41, 5.74) is 0.542. The molecular formula is C12H19N3OS. The lowest BCUT2D eigenvalue weighted by Crippen LogP contribution is -2.41. The predicted octanol–water partition coefficient (Wildman–Crippen LogP) is 1.52. The smallest absolute Gasteiger partial charge is 0.270 e. The van der Waals surface area contributed by atoms with Crippen LogP contribution in [0.5, 0.6) is 0 Å². The molecule has 5 heteroatoms. The summed E-state index contributed by atoms with van der Waals surface area (Å²) in [7, 11) is 4.14. The van der Waals surface area contributed by atoms with Crippen molar-refractivity contribution in [1.82, 2.24) is 15.2 Å². The van der Waals surface area contributed by atoms with Crippen LogP contribution >= 0.6 is 11.3 Å². The second-order valence-corrected chi connectivity index (χ2v) is 5.89. The van der Waals surface area contributed by atoms with Crippen LogP contribution in [-0.4, -0.2) is 42.5 Å². The summed E-state index contributed by atoms with van der Waals surface area (Å²) in [6, 6.07) is 0.457. The second-order valence-electron chi connectivity index (χ2n) is 4.83. The number of hydrogen-bond acceptors (Lipinski definition) is 4. The molecule has 0 aromatic carbocycles. The van der Waals surface area contributed by atoms with Crippen LogP contribution in [0.2, 0.25) is 0 Å². The monoisotopic (exact) mass is 253 g/mol. The number of hydrogen-bond donors (Lipinski definition) is 1. The van der Waals surface area contributed by atoms with Gasteiger partial charge in [-0.15, -0.1) is 11.3 Å². The Morgan fingerprint density at radius 2 is 2.35 bits per heavy atom. The highest BCUT2D eigenvalue weighted by Crippen LogP contribution is 2.34. The summed E-state index contributed by atoms with van der Waals surface area (Å²) in [6.07, 6.45) is 2.57. The minimum atomic E-state index is -0.0538. The number of aryl methyl sites for hydroxylation is 1. The highest BCUT2D eigenvalue weighted by atomic mass is 32.1. The largest absolute Gasteiger partial charge is 0.349 e. The number of nitrogens with one attached hydrogen (secondary N) is 1. The van der Waals surface area contributed by atoms with Gasteiger partial charge < -0.3 is 10.2 Å². The van der Waals surface area contributed by atoms with E-state index in [1.165, 1.54) is 24.2 Å².